The van der Waals surface area contributed by atoms with Gasteiger partial charge in [-0.1, -0.05) is 0 Å². The molecule has 2 rings (SSSR count). The molecule has 1 fully saturated rings. The van der Waals surface area contributed by atoms with E-state index in [0.717, 1.165) is 25.1 Å². The van der Waals surface area contributed by atoms with Crippen LogP contribution in [0.5, 0.6) is 0 Å². The fraction of sp³-hybridized carbons (Fsp3) is 0.692. The third-order valence-electron chi connectivity index (χ3n) is 3.89. The Morgan fingerprint density at radius 2 is 1.91 bits per heavy atom. The summed E-state index contributed by atoms with van der Waals surface area (Å²) in [7, 11) is -3.01. The van der Waals surface area contributed by atoms with Crippen molar-refractivity contribution >= 4 is 15.8 Å². The van der Waals surface area contributed by atoms with Crippen LogP contribution < -0.4 is 5.32 Å². The largest absolute Gasteiger partial charge is 0.433 e. The van der Waals surface area contributed by atoms with Gasteiger partial charge in [0.15, 0.2) is 0 Å². The van der Waals surface area contributed by atoms with Crippen molar-refractivity contribution < 1.29 is 21.6 Å². The standard InChI is InChI=1S/C13H18F3N3O2S/c1-22(20,21)10-4-2-9(3-5-10)8-18-12-17-7-6-11(19-12)13(14,15)16/h6-7,9-10H,2-5,8H2,1H3,(H,17,18,19). The first-order valence-corrected chi connectivity index (χ1v) is 8.94. The zero-order chi connectivity index (χ0) is 16.4. The van der Waals surface area contributed by atoms with Gasteiger partial charge in [-0.15, -0.1) is 0 Å². The zero-order valence-electron chi connectivity index (χ0n) is 12.1. The quantitative estimate of drug-likeness (QED) is 0.914. The molecule has 0 amide bonds. The summed E-state index contributed by atoms with van der Waals surface area (Å²) in [5.41, 5.74) is -0.981. The van der Waals surface area contributed by atoms with Crippen LogP contribution >= 0.6 is 0 Å². The molecule has 1 aliphatic rings. The summed E-state index contributed by atoms with van der Waals surface area (Å²) >= 11 is 0. The molecule has 9 heteroatoms. The molecule has 0 unspecified atom stereocenters. The van der Waals surface area contributed by atoms with E-state index in [0.29, 0.717) is 19.4 Å². The first kappa shape index (κ1) is 17.0. The minimum absolute atomic E-state index is 0.0555. The van der Waals surface area contributed by atoms with Crippen molar-refractivity contribution in [1.82, 2.24) is 9.97 Å². The summed E-state index contributed by atoms with van der Waals surface area (Å²) in [5.74, 6) is 0.163. The van der Waals surface area contributed by atoms with Crippen LogP contribution in [0.15, 0.2) is 12.3 Å². The van der Waals surface area contributed by atoms with Gasteiger partial charge in [-0.25, -0.2) is 18.4 Å². The lowest BCUT2D eigenvalue weighted by Gasteiger charge is -2.27. The summed E-state index contributed by atoms with van der Waals surface area (Å²) in [4.78, 5) is 7.21. The predicted molar refractivity (Wildman–Crippen MR) is 76.1 cm³/mol. The maximum absolute atomic E-state index is 12.5. The lowest BCUT2D eigenvalue weighted by atomic mass is 9.89. The van der Waals surface area contributed by atoms with Gasteiger partial charge in [0, 0.05) is 19.0 Å². The fourth-order valence-electron chi connectivity index (χ4n) is 2.60. The van der Waals surface area contributed by atoms with Crippen molar-refractivity contribution in [2.24, 2.45) is 5.92 Å². The SMILES string of the molecule is CS(=O)(=O)C1CCC(CNc2nccc(C(F)(F)F)n2)CC1. The molecule has 124 valence electrons. The van der Waals surface area contributed by atoms with Crippen molar-refractivity contribution in [3.63, 3.8) is 0 Å². The molecule has 0 bridgehead atoms. The summed E-state index contributed by atoms with van der Waals surface area (Å²) < 4.78 is 60.6. The van der Waals surface area contributed by atoms with Gasteiger partial charge < -0.3 is 5.32 Å². The highest BCUT2D eigenvalue weighted by molar-refractivity contribution is 7.91. The van der Waals surface area contributed by atoms with E-state index in [1.165, 1.54) is 6.26 Å². The molecular weight excluding hydrogens is 319 g/mol. The molecule has 1 saturated carbocycles. The van der Waals surface area contributed by atoms with Crippen LogP contribution in [-0.2, 0) is 16.0 Å². The number of aromatic nitrogens is 2. The van der Waals surface area contributed by atoms with Crippen LogP contribution in [-0.4, -0.2) is 36.4 Å². The van der Waals surface area contributed by atoms with E-state index < -0.39 is 21.7 Å². The summed E-state index contributed by atoms with van der Waals surface area (Å²) in [6.07, 6.45) is 0.453. The molecule has 0 aromatic carbocycles. The van der Waals surface area contributed by atoms with E-state index in [9.17, 15) is 21.6 Å². The monoisotopic (exact) mass is 337 g/mol. The van der Waals surface area contributed by atoms with E-state index in [1.54, 1.807) is 0 Å². The Morgan fingerprint density at radius 1 is 1.27 bits per heavy atom. The van der Waals surface area contributed by atoms with E-state index >= 15 is 0 Å². The maximum Gasteiger partial charge on any atom is 0.433 e. The van der Waals surface area contributed by atoms with E-state index in [4.69, 9.17) is 0 Å². The number of sulfone groups is 1. The Morgan fingerprint density at radius 3 is 2.45 bits per heavy atom. The number of rotatable bonds is 4. The average Bonchev–Trinajstić information content (AvgIpc) is 2.44. The van der Waals surface area contributed by atoms with Crippen LogP contribution in [0, 0.1) is 5.92 Å². The third kappa shape index (κ3) is 4.56. The summed E-state index contributed by atoms with van der Waals surface area (Å²) in [6.45, 7) is 0.442. The van der Waals surface area contributed by atoms with Gasteiger partial charge in [0.1, 0.15) is 15.5 Å². The van der Waals surface area contributed by atoms with Crippen molar-refractivity contribution in [3.8, 4) is 0 Å². The van der Waals surface area contributed by atoms with Crippen LogP contribution in [0.2, 0.25) is 0 Å². The molecule has 0 atom stereocenters. The number of alkyl halides is 3. The van der Waals surface area contributed by atoms with Gasteiger partial charge in [-0.3, -0.25) is 0 Å². The highest BCUT2D eigenvalue weighted by Crippen LogP contribution is 2.29. The minimum Gasteiger partial charge on any atom is -0.354 e. The van der Waals surface area contributed by atoms with Crippen LogP contribution in [0.3, 0.4) is 0 Å². The van der Waals surface area contributed by atoms with Crippen LogP contribution in [0.4, 0.5) is 19.1 Å². The topological polar surface area (TPSA) is 72.0 Å². The number of nitrogens with zero attached hydrogens (tertiary/aromatic N) is 2. The lowest BCUT2D eigenvalue weighted by molar-refractivity contribution is -0.141. The number of hydrogen-bond donors (Lipinski definition) is 1. The average molecular weight is 337 g/mol. The van der Waals surface area contributed by atoms with Crippen molar-refractivity contribution in [2.75, 3.05) is 18.1 Å². The molecule has 5 nitrogen and oxygen atoms in total. The molecule has 1 N–H and O–H groups in total. The van der Waals surface area contributed by atoms with Gasteiger partial charge in [0.05, 0.1) is 5.25 Å². The number of anilines is 1. The van der Waals surface area contributed by atoms with Crippen molar-refractivity contribution in [1.29, 1.82) is 0 Å². The first-order valence-electron chi connectivity index (χ1n) is 6.99. The number of hydrogen-bond acceptors (Lipinski definition) is 5. The van der Waals surface area contributed by atoms with Gasteiger partial charge in [0.2, 0.25) is 5.95 Å². The molecule has 1 aromatic rings. The van der Waals surface area contributed by atoms with Gasteiger partial charge >= 0.3 is 6.18 Å². The fourth-order valence-corrected chi connectivity index (χ4v) is 3.73. The molecule has 0 spiro atoms. The lowest BCUT2D eigenvalue weighted by Crippen LogP contribution is -2.29. The molecule has 22 heavy (non-hydrogen) atoms. The minimum atomic E-state index is -4.49. The van der Waals surface area contributed by atoms with Gasteiger partial charge in [-0.05, 0) is 37.7 Å². The Labute approximate surface area is 127 Å². The predicted octanol–water partition coefficient (Wildman–Crippen LogP) is 2.51. The Bertz CT molecular complexity index is 611. The second-order valence-corrected chi connectivity index (χ2v) is 7.94. The smallest absolute Gasteiger partial charge is 0.354 e. The molecule has 0 aliphatic heterocycles. The normalized spacial score (nSPS) is 23.3. The van der Waals surface area contributed by atoms with E-state index in [2.05, 4.69) is 15.3 Å². The Kier molecular flexibility index (Phi) is 4.93. The maximum atomic E-state index is 12.5. The molecule has 0 saturated heterocycles. The summed E-state index contributed by atoms with van der Waals surface area (Å²) in [6, 6.07) is 0.822. The second kappa shape index (κ2) is 6.39. The third-order valence-corrected chi connectivity index (χ3v) is 5.58. The zero-order valence-corrected chi connectivity index (χ0v) is 12.9. The Balaban J connectivity index is 1.87. The number of halogens is 3. The van der Waals surface area contributed by atoms with E-state index in [1.807, 2.05) is 0 Å². The van der Waals surface area contributed by atoms with Crippen LogP contribution in [0.1, 0.15) is 31.4 Å². The van der Waals surface area contributed by atoms with Crippen molar-refractivity contribution in [2.45, 2.75) is 37.1 Å². The van der Waals surface area contributed by atoms with Crippen LogP contribution in [0.25, 0.3) is 0 Å². The molecule has 1 heterocycles. The van der Waals surface area contributed by atoms with Gasteiger partial charge in [-0.2, -0.15) is 13.2 Å². The molecule has 0 radical (unpaired) electrons. The molecule has 1 aromatic heterocycles. The second-order valence-electron chi connectivity index (χ2n) is 5.62. The molecular formula is C13H18F3N3O2S. The summed E-state index contributed by atoms with van der Waals surface area (Å²) in [5, 5.41) is 2.51. The van der Waals surface area contributed by atoms with E-state index in [-0.39, 0.29) is 17.1 Å². The highest BCUT2D eigenvalue weighted by atomic mass is 32.2. The van der Waals surface area contributed by atoms with Gasteiger partial charge in [0.25, 0.3) is 0 Å². The highest BCUT2D eigenvalue weighted by Gasteiger charge is 2.33. The Hall–Kier alpha value is -1.38. The van der Waals surface area contributed by atoms with Crippen molar-refractivity contribution in [3.05, 3.63) is 18.0 Å². The molecule has 1 aliphatic carbocycles. The number of nitrogens with one attached hydrogen (secondary N) is 1. The first-order chi connectivity index (χ1) is 10.2.